The topological polar surface area (TPSA) is 52.4 Å². The summed E-state index contributed by atoms with van der Waals surface area (Å²) in [6.45, 7) is 4.52. The van der Waals surface area contributed by atoms with Crippen molar-refractivity contribution < 1.29 is 9.66 Å². The van der Waals surface area contributed by atoms with E-state index in [-0.39, 0.29) is 18.0 Å². The van der Waals surface area contributed by atoms with Crippen molar-refractivity contribution in [2.24, 2.45) is 0 Å². The molecule has 21 heavy (non-hydrogen) atoms. The molecular weight excluding hydrogens is 290 g/mol. The summed E-state index contributed by atoms with van der Waals surface area (Å²) in [6, 6.07) is 12.3. The summed E-state index contributed by atoms with van der Waals surface area (Å²) in [4.78, 5) is 10.5. The van der Waals surface area contributed by atoms with E-state index in [4.69, 9.17) is 16.3 Å². The number of rotatable bonds is 5. The summed E-state index contributed by atoms with van der Waals surface area (Å²) in [5.74, 6) is 0.648. The lowest BCUT2D eigenvalue weighted by molar-refractivity contribution is -0.385. The monoisotopic (exact) mass is 305 g/mol. The van der Waals surface area contributed by atoms with Gasteiger partial charge in [0, 0.05) is 17.2 Å². The molecule has 0 atom stereocenters. The molecule has 0 saturated heterocycles. The Hall–Kier alpha value is -2.07. The van der Waals surface area contributed by atoms with E-state index in [9.17, 15) is 10.1 Å². The van der Waals surface area contributed by atoms with Crippen molar-refractivity contribution >= 4 is 17.3 Å². The van der Waals surface area contributed by atoms with Gasteiger partial charge in [0.1, 0.15) is 6.61 Å². The van der Waals surface area contributed by atoms with E-state index >= 15 is 0 Å². The largest absolute Gasteiger partial charge is 0.482 e. The van der Waals surface area contributed by atoms with Gasteiger partial charge in [-0.2, -0.15) is 0 Å². The Morgan fingerprint density at radius 1 is 1.19 bits per heavy atom. The minimum Gasteiger partial charge on any atom is -0.482 e. The lowest BCUT2D eigenvalue weighted by atomic mass is 10.0. The zero-order valence-electron chi connectivity index (χ0n) is 11.9. The van der Waals surface area contributed by atoms with Gasteiger partial charge in [0.15, 0.2) is 5.75 Å². The Morgan fingerprint density at radius 3 is 2.43 bits per heavy atom. The van der Waals surface area contributed by atoms with Crippen LogP contribution in [0.2, 0.25) is 5.02 Å². The minimum atomic E-state index is -0.479. The third-order valence-electron chi connectivity index (χ3n) is 3.16. The predicted octanol–water partition coefficient (Wildman–Crippen LogP) is 4.95. The molecule has 5 heteroatoms. The highest BCUT2D eigenvalue weighted by Gasteiger charge is 2.15. The van der Waals surface area contributed by atoms with E-state index in [2.05, 4.69) is 13.8 Å². The molecule has 2 aromatic carbocycles. The zero-order valence-corrected chi connectivity index (χ0v) is 12.6. The molecule has 0 N–H and O–H groups in total. The Balaban J connectivity index is 2.12. The maximum Gasteiger partial charge on any atom is 0.311 e. The number of halogens is 1. The van der Waals surface area contributed by atoms with Crippen LogP contribution in [-0.4, -0.2) is 4.92 Å². The zero-order chi connectivity index (χ0) is 15.4. The number of benzene rings is 2. The molecule has 0 bridgehead atoms. The van der Waals surface area contributed by atoms with Crippen molar-refractivity contribution in [3.8, 4) is 5.75 Å². The fourth-order valence-corrected chi connectivity index (χ4v) is 2.08. The van der Waals surface area contributed by atoms with Crippen molar-refractivity contribution in [2.45, 2.75) is 26.4 Å². The SMILES string of the molecule is CC(C)c1ccc(COc2cc(Cl)ccc2[N+](=O)[O-])cc1. The summed E-state index contributed by atoms with van der Waals surface area (Å²) in [5.41, 5.74) is 2.11. The van der Waals surface area contributed by atoms with Crippen LogP contribution in [0.5, 0.6) is 5.75 Å². The maximum atomic E-state index is 10.9. The molecule has 0 aliphatic heterocycles. The second-order valence-corrected chi connectivity index (χ2v) is 5.49. The number of hydrogen-bond acceptors (Lipinski definition) is 3. The summed E-state index contributed by atoms with van der Waals surface area (Å²) < 4.78 is 5.54. The molecule has 0 radical (unpaired) electrons. The molecule has 0 heterocycles. The first-order valence-electron chi connectivity index (χ1n) is 6.63. The number of hydrogen-bond donors (Lipinski definition) is 0. The predicted molar refractivity (Wildman–Crippen MR) is 83.0 cm³/mol. The molecule has 0 amide bonds. The molecule has 0 saturated carbocycles. The van der Waals surface area contributed by atoms with Crippen molar-refractivity contribution in [3.63, 3.8) is 0 Å². The van der Waals surface area contributed by atoms with E-state index in [0.29, 0.717) is 10.9 Å². The standard InChI is InChI=1S/C16H16ClNO3/c1-11(2)13-5-3-12(4-6-13)10-21-16-9-14(17)7-8-15(16)18(19)20/h3-9,11H,10H2,1-2H3. The first kappa shape index (κ1) is 15.3. The number of nitro benzene ring substituents is 1. The highest BCUT2D eigenvalue weighted by molar-refractivity contribution is 6.30. The highest BCUT2D eigenvalue weighted by atomic mass is 35.5. The Labute approximate surface area is 128 Å². The summed E-state index contributed by atoms with van der Waals surface area (Å²) in [7, 11) is 0. The van der Waals surface area contributed by atoms with Gasteiger partial charge in [-0.1, -0.05) is 49.7 Å². The van der Waals surface area contributed by atoms with Gasteiger partial charge >= 0.3 is 5.69 Å². The number of nitro groups is 1. The number of nitrogens with zero attached hydrogens (tertiary/aromatic N) is 1. The normalized spacial score (nSPS) is 10.7. The van der Waals surface area contributed by atoms with Crippen LogP contribution >= 0.6 is 11.6 Å². The third-order valence-corrected chi connectivity index (χ3v) is 3.39. The number of ether oxygens (including phenoxy) is 1. The van der Waals surface area contributed by atoms with Crippen molar-refractivity contribution in [3.05, 3.63) is 68.7 Å². The summed E-state index contributed by atoms with van der Waals surface area (Å²) in [5, 5.41) is 11.4. The van der Waals surface area contributed by atoms with E-state index in [0.717, 1.165) is 5.56 Å². The second kappa shape index (κ2) is 6.59. The Bertz CT molecular complexity index is 638. The first-order chi connectivity index (χ1) is 9.97. The average Bonchev–Trinajstić information content (AvgIpc) is 2.45. The molecule has 110 valence electrons. The van der Waals surface area contributed by atoms with Crippen LogP contribution in [0.15, 0.2) is 42.5 Å². The van der Waals surface area contributed by atoms with Crippen LogP contribution in [0.1, 0.15) is 30.9 Å². The quantitative estimate of drug-likeness (QED) is 0.580. The van der Waals surface area contributed by atoms with Gasteiger partial charge < -0.3 is 4.74 Å². The molecule has 0 fully saturated rings. The van der Waals surface area contributed by atoms with Crippen LogP contribution in [0, 0.1) is 10.1 Å². The molecule has 0 spiro atoms. The van der Waals surface area contributed by atoms with Crippen molar-refractivity contribution in [2.75, 3.05) is 0 Å². The summed E-state index contributed by atoms with van der Waals surface area (Å²) in [6.07, 6.45) is 0. The summed E-state index contributed by atoms with van der Waals surface area (Å²) >= 11 is 5.86. The van der Waals surface area contributed by atoms with Crippen molar-refractivity contribution in [1.29, 1.82) is 0 Å². The molecule has 2 rings (SSSR count). The minimum absolute atomic E-state index is 0.0850. The smallest absolute Gasteiger partial charge is 0.311 e. The fraction of sp³-hybridized carbons (Fsp3) is 0.250. The molecule has 2 aromatic rings. The van der Waals surface area contributed by atoms with E-state index in [1.807, 2.05) is 24.3 Å². The van der Waals surface area contributed by atoms with Crippen LogP contribution in [0.3, 0.4) is 0 Å². The van der Waals surface area contributed by atoms with Crippen LogP contribution in [-0.2, 0) is 6.61 Å². The van der Waals surface area contributed by atoms with Crippen LogP contribution < -0.4 is 4.74 Å². The molecule has 0 aromatic heterocycles. The molecule has 0 aliphatic carbocycles. The lowest BCUT2D eigenvalue weighted by Crippen LogP contribution is -1.99. The van der Waals surface area contributed by atoms with E-state index < -0.39 is 4.92 Å². The molecule has 0 unspecified atom stereocenters. The molecule has 4 nitrogen and oxygen atoms in total. The lowest BCUT2D eigenvalue weighted by Gasteiger charge is -2.09. The highest BCUT2D eigenvalue weighted by Crippen LogP contribution is 2.30. The van der Waals surface area contributed by atoms with Crippen LogP contribution in [0.25, 0.3) is 0 Å². The fourth-order valence-electron chi connectivity index (χ4n) is 1.91. The molecular formula is C16H16ClNO3. The Kier molecular flexibility index (Phi) is 4.81. The van der Waals surface area contributed by atoms with Gasteiger partial charge in [-0.15, -0.1) is 0 Å². The van der Waals surface area contributed by atoms with Crippen molar-refractivity contribution in [1.82, 2.24) is 0 Å². The van der Waals surface area contributed by atoms with Gasteiger partial charge in [0.2, 0.25) is 0 Å². The average molecular weight is 306 g/mol. The Morgan fingerprint density at radius 2 is 1.86 bits per heavy atom. The van der Waals surface area contributed by atoms with E-state index in [1.165, 1.54) is 23.8 Å². The van der Waals surface area contributed by atoms with Gasteiger partial charge in [-0.05, 0) is 23.1 Å². The van der Waals surface area contributed by atoms with Gasteiger partial charge in [-0.25, -0.2) is 0 Å². The van der Waals surface area contributed by atoms with Crippen LogP contribution in [0.4, 0.5) is 5.69 Å². The second-order valence-electron chi connectivity index (χ2n) is 5.05. The first-order valence-corrected chi connectivity index (χ1v) is 7.00. The van der Waals surface area contributed by atoms with Gasteiger partial charge in [0.05, 0.1) is 4.92 Å². The van der Waals surface area contributed by atoms with Gasteiger partial charge in [0.25, 0.3) is 0 Å². The maximum absolute atomic E-state index is 10.9. The van der Waals surface area contributed by atoms with E-state index in [1.54, 1.807) is 0 Å². The van der Waals surface area contributed by atoms with Gasteiger partial charge in [-0.3, -0.25) is 10.1 Å². The molecule has 0 aliphatic rings. The third kappa shape index (κ3) is 3.95.